The summed E-state index contributed by atoms with van der Waals surface area (Å²) < 4.78 is 0. The summed E-state index contributed by atoms with van der Waals surface area (Å²) in [6.45, 7) is 5.80. The van der Waals surface area contributed by atoms with Gasteiger partial charge in [-0.1, -0.05) is 32.0 Å². The van der Waals surface area contributed by atoms with E-state index < -0.39 is 0 Å². The van der Waals surface area contributed by atoms with Crippen LogP contribution in [0.1, 0.15) is 31.4 Å². The lowest BCUT2D eigenvalue weighted by molar-refractivity contribution is -0.119. The van der Waals surface area contributed by atoms with E-state index in [1.165, 1.54) is 0 Å². The summed E-state index contributed by atoms with van der Waals surface area (Å²) in [6, 6.07) is 7.99. The first-order valence-electron chi connectivity index (χ1n) is 5.86. The summed E-state index contributed by atoms with van der Waals surface area (Å²) in [7, 11) is 0. The third kappa shape index (κ3) is 3.32. The molecule has 0 aromatic heterocycles. The monoisotopic (exact) mass is 230 g/mol. The third-order valence-electron chi connectivity index (χ3n) is 2.83. The van der Waals surface area contributed by atoms with Crippen LogP contribution in [0.5, 0.6) is 0 Å². The smallest absolute Gasteiger partial charge is 0.228 e. The average Bonchev–Trinajstić information content (AvgIpc) is 2.31. The SMILES string of the molecule is CCc1cccc(C)c1NC(=O)C(C)CC#N. The van der Waals surface area contributed by atoms with Crippen molar-refractivity contribution in [3.8, 4) is 6.07 Å². The Labute approximate surface area is 102 Å². The molecule has 0 fully saturated rings. The van der Waals surface area contributed by atoms with Crippen LogP contribution in [0.3, 0.4) is 0 Å². The number of nitrogens with zero attached hydrogens (tertiary/aromatic N) is 1. The van der Waals surface area contributed by atoms with Crippen LogP contribution in [0.4, 0.5) is 5.69 Å². The number of para-hydroxylation sites is 1. The zero-order valence-corrected chi connectivity index (χ0v) is 10.6. The molecule has 90 valence electrons. The Hall–Kier alpha value is -1.82. The Morgan fingerprint density at radius 2 is 2.24 bits per heavy atom. The molecule has 1 unspecified atom stereocenters. The fourth-order valence-corrected chi connectivity index (χ4v) is 1.68. The van der Waals surface area contributed by atoms with Gasteiger partial charge >= 0.3 is 0 Å². The van der Waals surface area contributed by atoms with Gasteiger partial charge in [0, 0.05) is 18.0 Å². The number of hydrogen-bond acceptors (Lipinski definition) is 2. The van der Waals surface area contributed by atoms with Crippen LogP contribution < -0.4 is 5.32 Å². The summed E-state index contributed by atoms with van der Waals surface area (Å²) in [5.74, 6) is -0.361. The molecule has 0 aliphatic rings. The quantitative estimate of drug-likeness (QED) is 0.864. The molecule has 17 heavy (non-hydrogen) atoms. The fourth-order valence-electron chi connectivity index (χ4n) is 1.68. The van der Waals surface area contributed by atoms with Crippen LogP contribution in [0, 0.1) is 24.2 Å². The summed E-state index contributed by atoms with van der Waals surface area (Å²) in [6.07, 6.45) is 1.13. The van der Waals surface area contributed by atoms with Gasteiger partial charge in [-0.2, -0.15) is 5.26 Å². The number of amides is 1. The van der Waals surface area contributed by atoms with Gasteiger partial charge in [0.05, 0.1) is 6.07 Å². The fraction of sp³-hybridized carbons (Fsp3) is 0.429. The van der Waals surface area contributed by atoms with Crippen molar-refractivity contribution in [2.24, 2.45) is 5.92 Å². The zero-order chi connectivity index (χ0) is 12.8. The number of carbonyl (C=O) groups is 1. The molecule has 0 bridgehead atoms. The average molecular weight is 230 g/mol. The van der Waals surface area contributed by atoms with Gasteiger partial charge in [0.15, 0.2) is 0 Å². The van der Waals surface area contributed by atoms with E-state index in [9.17, 15) is 4.79 Å². The van der Waals surface area contributed by atoms with Crippen molar-refractivity contribution in [1.29, 1.82) is 5.26 Å². The number of carbonyl (C=O) groups excluding carboxylic acids is 1. The Bertz CT molecular complexity index is 446. The Kier molecular flexibility index (Phi) is 4.71. The zero-order valence-electron chi connectivity index (χ0n) is 10.6. The number of anilines is 1. The highest BCUT2D eigenvalue weighted by molar-refractivity contribution is 5.94. The Balaban J connectivity index is 2.88. The highest BCUT2D eigenvalue weighted by atomic mass is 16.1. The molecule has 0 saturated carbocycles. The van der Waals surface area contributed by atoms with Crippen molar-refractivity contribution in [2.75, 3.05) is 5.32 Å². The minimum absolute atomic E-state index is 0.0875. The minimum Gasteiger partial charge on any atom is -0.325 e. The summed E-state index contributed by atoms with van der Waals surface area (Å²) in [4.78, 5) is 11.9. The van der Waals surface area contributed by atoms with Crippen LogP contribution in [0.25, 0.3) is 0 Å². The molecule has 1 N–H and O–H groups in total. The maximum atomic E-state index is 11.9. The second-order valence-electron chi connectivity index (χ2n) is 4.22. The van der Waals surface area contributed by atoms with Gasteiger partial charge in [0.1, 0.15) is 0 Å². The van der Waals surface area contributed by atoms with E-state index in [-0.39, 0.29) is 18.2 Å². The van der Waals surface area contributed by atoms with Gasteiger partial charge in [-0.3, -0.25) is 4.79 Å². The topological polar surface area (TPSA) is 52.9 Å². The molecule has 0 saturated heterocycles. The van der Waals surface area contributed by atoms with Crippen LogP contribution in [-0.2, 0) is 11.2 Å². The molecule has 1 aromatic carbocycles. The number of rotatable bonds is 4. The van der Waals surface area contributed by atoms with Gasteiger partial charge in [-0.05, 0) is 24.5 Å². The number of nitrogens with one attached hydrogen (secondary N) is 1. The van der Waals surface area contributed by atoms with Crippen molar-refractivity contribution in [3.05, 3.63) is 29.3 Å². The molecule has 0 radical (unpaired) electrons. The van der Waals surface area contributed by atoms with E-state index in [2.05, 4.69) is 12.2 Å². The van der Waals surface area contributed by atoms with E-state index in [4.69, 9.17) is 5.26 Å². The largest absolute Gasteiger partial charge is 0.325 e. The molecule has 0 heterocycles. The second-order valence-corrected chi connectivity index (χ2v) is 4.22. The lowest BCUT2D eigenvalue weighted by Crippen LogP contribution is -2.21. The van der Waals surface area contributed by atoms with Crippen molar-refractivity contribution in [1.82, 2.24) is 0 Å². The summed E-state index contributed by atoms with van der Waals surface area (Å²) in [5.41, 5.74) is 3.08. The third-order valence-corrected chi connectivity index (χ3v) is 2.83. The van der Waals surface area contributed by atoms with Gasteiger partial charge in [0.2, 0.25) is 5.91 Å². The van der Waals surface area contributed by atoms with Crippen LogP contribution in [0.2, 0.25) is 0 Å². The van der Waals surface area contributed by atoms with Crippen molar-refractivity contribution >= 4 is 11.6 Å². The highest BCUT2D eigenvalue weighted by Crippen LogP contribution is 2.22. The minimum atomic E-state index is -0.274. The standard InChI is InChI=1S/C14H18N2O/c1-4-12-7-5-6-10(2)13(12)16-14(17)11(3)8-9-15/h5-7,11H,4,8H2,1-3H3,(H,16,17). The second kappa shape index (κ2) is 6.05. The lowest BCUT2D eigenvalue weighted by Gasteiger charge is -2.15. The van der Waals surface area contributed by atoms with E-state index in [1.807, 2.05) is 31.2 Å². The first kappa shape index (κ1) is 13.2. The predicted molar refractivity (Wildman–Crippen MR) is 68.6 cm³/mol. The van der Waals surface area contributed by atoms with Crippen molar-refractivity contribution in [3.63, 3.8) is 0 Å². The van der Waals surface area contributed by atoms with Crippen LogP contribution in [-0.4, -0.2) is 5.91 Å². The highest BCUT2D eigenvalue weighted by Gasteiger charge is 2.14. The predicted octanol–water partition coefficient (Wildman–Crippen LogP) is 3.05. The normalized spacial score (nSPS) is 11.6. The van der Waals surface area contributed by atoms with Gasteiger partial charge in [-0.25, -0.2) is 0 Å². The van der Waals surface area contributed by atoms with Crippen molar-refractivity contribution < 1.29 is 4.79 Å². The van der Waals surface area contributed by atoms with E-state index in [0.29, 0.717) is 0 Å². The summed E-state index contributed by atoms with van der Waals surface area (Å²) in [5, 5.41) is 11.5. The van der Waals surface area contributed by atoms with Crippen molar-refractivity contribution in [2.45, 2.75) is 33.6 Å². The molecule has 1 rings (SSSR count). The molecule has 0 spiro atoms. The lowest BCUT2D eigenvalue weighted by atomic mass is 10.0. The first-order valence-corrected chi connectivity index (χ1v) is 5.86. The number of benzene rings is 1. The maximum Gasteiger partial charge on any atom is 0.228 e. The molecule has 0 aliphatic heterocycles. The Morgan fingerprint density at radius 3 is 2.82 bits per heavy atom. The number of hydrogen-bond donors (Lipinski definition) is 1. The Morgan fingerprint density at radius 1 is 1.53 bits per heavy atom. The van der Waals surface area contributed by atoms with E-state index in [1.54, 1.807) is 6.92 Å². The molecular formula is C14H18N2O. The molecule has 1 amide bonds. The molecular weight excluding hydrogens is 212 g/mol. The molecule has 0 aliphatic carbocycles. The van der Waals surface area contributed by atoms with Gasteiger partial charge in [-0.15, -0.1) is 0 Å². The molecule has 3 heteroatoms. The van der Waals surface area contributed by atoms with E-state index >= 15 is 0 Å². The van der Waals surface area contributed by atoms with Crippen LogP contribution in [0.15, 0.2) is 18.2 Å². The van der Waals surface area contributed by atoms with E-state index in [0.717, 1.165) is 23.2 Å². The molecule has 1 aromatic rings. The van der Waals surface area contributed by atoms with Gasteiger partial charge in [0.25, 0.3) is 0 Å². The molecule has 3 nitrogen and oxygen atoms in total. The first-order chi connectivity index (χ1) is 8.10. The van der Waals surface area contributed by atoms with Gasteiger partial charge < -0.3 is 5.32 Å². The number of aryl methyl sites for hydroxylation is 2. The van der Waals surface area contributed by atoms with Crippen LogP contribution >= 0.6 is 0 Å². The molecule has 1 atom stereocenters. The maximum absolute atomic E-state index is 11.9. The summed E-state index contributed by atoms with van der Waals surface area (Å²) >= 11 is 0. The number of nitriles is 1.